The van der Waals surface area contributed by atoms with Crippen LogP contribution < -0.4 is 0 Å². The number of hydrogen-bond donors (Lipinski definition) is 0. The fourth-order valence-electron chi connectivity index (χ4n) is 1.43. The van der Waals surface area contributed by atoms with E-state index in [9.17, 15) is 0 Å². The third kappa shape index (κ3) is 4.27. The molecule has 3 nitrogen and oxygen atoms in total. The molecule has 0 spiro atoms. The summed E-state index contributed by atoms with van der Waals surface area (Å²) in [6.07, 6.45) is 0. The van der Waals surface area contributed by atoms with Gasteiger partial charge < -0.3 is 9.47 Å². The monoisotopic (exact) mass is 207 g/mol. The minimum atomic E-state index is 0.522. The number of morpholine rings is 1. The first kappa shape index (κ1) is 11.2. The summed E-state index contributed by atoms with van der Waals surface area (Å²) in [7, 11) is 0. The van der Waals surface area contributed by atoms with Gasteiger partial charge in [-0.15, -0.1) is 11.6 Å². The summed E-state index contributed by atoms with van der Waals surface area (Å²) in [5.41, 5.74) is 0. The van der Waals surface area contributed by atoms with E-state index in [1.807, 2.05) is 0 Å². The molecular weight excluding hydrogens is 190 g/mol. The van der Waals surface area contributed by atoms with Crippen molar-refractivity contribution in [3.05, 3.63) is 0 Å². The van der Waals surface area contributed by atoms with Crippen molar-refractivity contribution in [2.24, 2.45) is 0 Å². The van der Waals surface area contributed by atoms with Crippen LogP contribution >= 0.6 is 11.6 Å². The fourth-order valence-corrected chi connectivity index (χ4v) is 1.54. The molecule has 0 bridgehead atoms. The summed E-state index contributed by atoms with van der Waals surface area (Å²) < 4.78 is 10.7. The highest BCUT2D eigenvalue weighted by Gasteiger charge is 2.17. The summed E-state index contributed by atoms with van der Waals surface area (Å²) in [5.74, 6) is 0.582. The van der Waals surface area contributed by atoms with Crippen LogP contribution in [0.25, 0.3) is 0 Å². The summed E-state index contributed by atoms with van der Waals surface area (Å²) in [5, 5.41) is 0. The molecule has 1 unspecified atom stereocenters. The zero-order valence-electron chi connectivity index (χ0n) is 8.17. The standard InChI is InChI=1S/C9H18ClNO2/c1-9-8-13-7-4-11(9)3-6-12-5-2-10/h9H,2-8H2,1H3. The van der Waals surface area contributed by atoms with E-state index in [0.717, 1.165) is 32.9 Å². The van der Waals surface area contributed by atoms with Gasteiger partial charge in [-0.05, 0) is 6.92 Å². The number of ether oxygens (including phenoxy) is 2. The predicted octanol–water partition coefficient (Wildman–Crippen LogP) is 0.962. The molecule has 0 aromatic carbocycles. The molecule has 0 aromatic heterocycles. The Kier molecular flexibility index (Phi) is 5.71. The topological polar surface area (TPSA) is 21.7 Å². The molecular formula is C9H18ClNO2. The molecule has 1 aliphatic heterocycles. The molecule has 13 heavy (non-hydrogen) atoms. The van der Waals surface area contributed by atoms with E-state index >= 15 is 0 Å². The van der Waals surface area contributed by atoms with Crippen LogP contribution in [0.3, 0.4) is 0 Å². The molecule has 4 heteroatoms. The SMILES string of the molecule is CC1COCCN1CCOCCCl. The number of hydrogen-bond acceptors (Lipinski definition) is 3. The second-order valence-electron chi connectivity index (χ2n) is 3.26. The lowest BCUT2D eigenvalue weighted by atomic mass is 10.2. The fraction of sp³-hybridized carbons (Fsp3) is 1.00. The van der Waals surface area contributed by atoms with Crippen LogP contribution in [0.4, 0.5) is 0 Å². The van der Waals surface area contributed by atoms with Gasteiger partial charge in [0.15, 0.2) is 0 Å². The maximum Gasteiger partial charge on any atom is 0.0619 e. The Hall–Kier alpha value is 0.170. The average molecular weight is 208 g/mol. The number of rotatable bonds is 5. The van der Waals surface area contributed by atoms with Gasteiger partial charge in [-0.1, -0.05) is 0 Å². The van der Waals surface area contributed by atoms with E-state index in [1.54, 1.807) is 0 Å². The number of nitrogens with zero attached hydrogens (tertiary/aromatic N) is 1. The minimum Gasteiger partial charge on any atom is -0.379 e. The van der Waals surface area contributed by atoms with Gasteiger partial charge in [-0.3, -0.25) is 4.90 Å². The Balaban J connectivity index is 2.05. The molecule has 1 fully saturated rings. The number of halogens is 1. The maximum absolute atomic E-state index is 5.49. The van der Waals surface area contributed by atoms with Crippen molar-refractivity contribution in [1.82, 2.24) is 4.90 Å². The molecule has 1 heterocycles. The quantitative estimate of drug-likeness (QED) is 0.495. The van der Waals surface area contributed by atoms with Crippen LogP contribution in [0, 0.1) is 0 Å². The normalized spacial score (nSPS) is 24.9. The van der Waals surface area contributed by atoms with Crippen LogP contribution in [0.15, 0.2) is 0 Å². The lowest BCUT2D eigenvalue weighted by Crippen LogP contribution is -2.45. The summed E-state index contributed by atoms with van der Waals surface area (Å²) in [4.78, 5) is 2.39. The molecule has 1 saturated heterocycles. The van der Waals surface area contributed by atoms with E-state index in [4.69, 9.17) is 21.1 Å². The Labute approximate surface area is 84.9 Å². The molecule has 0 saturated carbocycles. The first-order valence-electron chi connectivity index (χ1n) is 4.80. The first-order chi connectivity index (χ1) is 6.34. The van der Waals surface area contributed by atoms with Crippen molar-refractivity contribution in [2.45, 2.75) is 13.0 Å². The maximum atomic E-state index is 5.49. The van der Waals surface area contributed by atoms with Gasteiger partial charge in [0, 0.05) is 25.0 Å². The van der Waals surface area contributed by atoms with E-state index in [1.165, 1.54) is 0 Å². The lowest BCUT2D eigenvalue weighted by Gasteiger charge is -2.32. The highest BCUT2D eigenvalue weighted by atomic mass is 35.5. The van der Waals surface area contributed by atoms with Gasteiger partial charge in [0.2, 0.25) is 0 Å². The van der Waals surface area contributed by atoms with Crippen molar-refractivity contribution in [2.75, 3.05) is 45.4 Å². The second kappa shape index (κ2) is 6.60. The van der Waals surface area contributed by atoms with Gasteiger partial charge in [0.05, 0.1) is 26.4 Å². The largest absolute Gasteiger partial charge is 0.379 e. The van der Waals surface area contributed by atoms with Crippen LogP contribution in [-0.2, 0) is 9.47 Å². The second-order valence-corrected chi connectivity index (χ2v) is 3.64. The predicted molar refractivity (Wildman–Crippen MR) is 53.4 cm³/mol. The van der Waals surface area contributed by atoms with Gasteiger partial charge in [0.1, 0.15) is 0 Å². The van der Waals surface area contributed by atoms with E-state index < -0.39 is 0 Å². The van der Waals surface area contributed by atoms with E-state index in [2.05, 4.69) is 11.8 Å². The average Bonchev–Trinajstić information content (AvgIpc) is 2.15. The summed E-state index contributed by atoms with van der Waals surface area (Å²) in [6.45, 7) is 7.31. The molecule has 0 aromatic rings. The molecule has 0 N–H and O–H groups in total. The lowest BCUT2D eigenvalue weighted by molar-refractivity contribution is -0.0127. The van der Waals surface area contributed by atoms with Gasteiger partial charge >= 0.3 is 0 Å². The minimum absolute atomic E-state index is 0.522. The zero-order valence-corrected chi connectivity index (χ0v) is 8.92. The number of alkyl halides is 1. The molecule has 0 radical (unpaired) electrons. The van der Waals surface area contributed by atoms with Gasteiger partial charge in [-0.25, -0.2) is 0 Å². The molecule has 0 aliphatic carbocycles. The molecule has 0 amide bonds. The highest BCUT2D eigenvalue weighted by molar-refractivity contribution is 6.17. The van der Waals surface area contributed by atoms with Crippen LogP contribution in [0.5, 0.6) is 0 Å². The molecule has 1 rings (SSSR count). The zero-order chi connectivity index (χ0) is 9.52. The van der Waals surface area contributed by atoms with Crippen LogP contribution in [0.1, 0.15) is 6.92 Å². The van der Waals surface area contributed by atoms with Crippen LogP contribution in [-0.4, -0.2) is 56.3 Å². The summed E-state index contributed by atoms with van der Waals surface area (Å²) >= 11 is 5.49. The first-order valence-corrected chi connectivity index (χ1v) is 5.33. The van der Waals surface area contributed by atoms with Crippen molar-refractivity contribution in [3.63, 3.8) is 0 Å². The third-order valence-electron chi connectivity index (χ3n) is 2.25. The van der Waals surface area contributed by atoms with Crippen molar-refractivity contribution < 1.29 is 9.47 Å². The van der Waals surface area contributed by atoms with E-state index in [-0.39, 0.29) is 0 Å². The third-order valence-corrected chi connectivity index (χ3v) is 2.40. The van der Waals surface area contributed by atoms with E-state index in [0.29, 0.717) is 18.5 Å². The van der Waals surface area contributed by atoms with Crippen LogP contribution in [0.2, 0.25) is 0 Å². The summed E-state index contributed by atoms with van der Waals surface area (Å²) in [6, 6.07) is 0.522. The van der Waals surface area contributed by atoms with Crippen molar-refractivity contribution >= 4 is 11.6 Å². The Bertz CT molecular complexity index is 135. The van der Waals surface area contributed by atoms with Gasteiger partial charge in [-0.2, -0.15) is 0 Å². The smallest absolute Gasteiger partial charge is 0.0619 e. The molecule has 78 valence electrons. The Morgan fingerprint density at radius 3 is 3.08 bits per heavy atom. The highest BCUT2D eigenvalue weighted by Crippen LogP contribution is 2.04. The van der Waals surface area contributed by atoms with Crippen molar-refractivity contribution in [3.8, 4) is 0 Å². The molecule has 1 aliphatic rings. The Morgan fingerprint density at radius 2 is 2.38 bits per heavy atom. The van der Waals surface area contributed by atoms with Gasteiger partial charge in [0.25, 0.3) is 0 Å². The van der Waals surface area contributed by atoms with Crippen molar-refractivity contribution in [1.29, 1.82) is 0 Å². The molecule has 1 atom stereocenters. The Morgan fingerprint density at radius 1 is 1.54 bits per heavy atom.